The van der Waals surface area contributed by atoms with Gasteiger partial charge in [-0.15, -0.1) is 0 Å². The summed E-state index contributed by atoms with van der Waals surface area (Å²) in [5.41, 5.74) is 4.21. The molecule has 1 N–H and O–H groups in total. The first-order valence-electron chi connectivity index (χ1n) is 12.3. The Bertz CT molecular complexity index is 1520. The molecule has 0 radical (unpaired) electrons. The average molecular weight is 579 g/mol. The summed E-state index contributed by atoms with van der Waals surface area (Å²) in [7, 11) is 0. The van der Waals surface area contributed by atoms with Gasteiger partial charge in [0.2, 0.25) is 11.7 Å². The Labute approximate surface area is 240 Å². The lowest BCUT2D eigenvalue weighted by atomic mass is 9.96. The van der Waals surface area contributed by atoms with Crippen LogP contribution in [0, 0.1) is 0 Å². The van der Waals surface area contributed by atoms with Gasteiger partial charge < -0.3 is 14.7 Å². The van der Waals surface area contributed by atoms with Crippen LogP contribution in [0.3, 0.4) is 0 Å². The Balaban J connectivity index is 1.45. The van der Waals surface area contributed by atoms with Crippen molar-refractivity contribution in [3.05, 3.63) is 106 Å². The zero-order valence-corrected chi connectivity index (χ0v) is 23.6. The van der Waals surface area contributed by atoms with E-state index in [0.717, 1.165) is 27.6 Å². The van der Waals surface area contributed by atoms with E-state index in [-0.39, 0.29) is 11.7 Å². The van der Waals surface area contributed by atoms with Crippen molar-refractivity contribution in [1.29, 1.82) is 0 Å². The first-order valence-corrected chi connectivity index (χ1v) is 14.1. The normalized spacial score (nSPS) is 15.3. The minimum absolute atomic E-state index is 0.138. The summed E-state index contributed by atoms with van der Waals surface area (Å²) in [6, 6.07) is 23.8. The number of benzene rings is 3. The molecule has 1 aliphatic heterocycles. The van der Waals surface area contributed by atoms with Crippen molar-refractivity contribution in [2.45, 2.75) is 19.9 Å². The fourth-order valence-corrected chi connectivity index (χ4v) is 5.46. The van der Waals surface area contributed by atoms with Crippen LogP contribution in [0.2, 0.25) is 10.0 Å². The van der Waals surface area contributed by atoms with Crippen LogP contribution in [0.5, 0.6) is 0 Å². The van der Waals surface area contributed by atoms with Gasteiger partial charge in [-0.1, -0.05) is 82.6 Å². The van der Waals surface area contributed by atoms with Gasteiger partial charge >= 0.3 is 0 Å². The highest BCUT2D eigenvalue weighted by molar-refractivity contribution is 8.14. The second-order valence-corrected chi connectivity index (χ2v) is 10.6. The molecule has 0 saturated carbocycles. The second kappa shape index (κ2) is 12.1. The minimum atomic E-state index is -0.420. The van der Waals surface area contributed by atoms with Crippen molar-refractivity contribution >= 4 is 57.3 Å². The summed E-state index contributed by atoms with van der Waals surface area (Å²) in [5, 5.41) is 9.12. The van der Waals surface area contributed by atoms with Gasteiger partial charge in [0.25, 0.3) is 5.89 Å². The highest BCUT2D eigenvalue weighted by Crippen LogP contribution is 2.41. The van der Waals surface area contributed by atoms with Gasteiger partial charge in [-0.25, -0.2) is 4.99 Å². The molecule has 39 heavy (non-hydrogen) atoms. The van der Waals surface area contributed by atoms with Gasteiger partial charge in [-0.2, -0.15) is 4.98 Å². The monoisotopic (exact) mass is 577 g/mol. The molecule has 1 atom stereocenters. The van der Waals surface area contributed by atoms with Crippen LogP contribution in [0.4, 0.5) is 5.69 Å². The average Bonchev–Trinajstić information content (AvgIpc) is 3.43. The first kappa shape index (κ1) is 27.0. The predicted molar refractivity (Wildman–Crippen MR) is 159 cm³/mol. The molecule has 10 heteroatoms. The number of nitrogens with zero attached hydrogens (tertiary/aromatic N) is 4. The van der Waals surface area contributed by atoms with Gasteiger partial charge in [0, 0.05) is 33.5 Å². The largest absolute Gasteiger partial charge is 0.334 e. The topological polar surface area (TPSA) is 83.6 Å². The Morgan fingerprint density at radius 3 is 2.33 bits per heavy atom. The molecule has 1 aromatic heterocycles. The number of rotatable bonds is 7. The Morgan fingerprint density at radius 1 is 1.00 bits per heavy atom. The highest BCUT2D eigenvalue weighted by atomic mass is 35.5. The van der Waals surface area contributed by atoms with Crippen LogP contribution < -0.4 is 5.32 Å². The molecule has 0 aliphatic carbocycles. The summed E-state index contributed by atoms with van der Waals surface area (Å²) in [5.74, 6) is 0.956. The van der Waals surface area contributed by atoms with E-state index in [1.54, 1.807) is 24.3 Å². The fraction of sp³-hybridized carbons (Fsp3) is 0.172. The van der Waals surface area contributed by atoms with Crippen LogP contribution >= 0.6 is 35.0 Å². The van der Waals surface area contributed by atoms with E-state index in [4.69, 9.17) is 37.7 Å². The number of hydrogen-bond acceptors (Lipinski definition) is 7. The van der Waals surface area contributed by atoms with Crippen LogP contribution in [-0.4, -0.2) is 38.4 Å². The maximum atomic E-state index is 12.7. The van der Waals surface area contributed by atoms with Crippen molar-refractivity contribution in [2.24, 2.45) is 4.99 Å². The number of aromatic nitrogens is 2. The van der Waals surface area contributed by atoms with E-state index in [0.29, 0.717) is 34.0 Å². The zero-order valence-electron chi connectivity index (χ0n) is 21.3. The van der Waals surface area contributed by atoms with Crippen LogP contribution in [-0.2, 0) is 4.79 Å². The Morgan fingerprint density at radius 2 is 1.67 bits per heavy atom. The van der Waals surface area contributed by atoms with Crippen molar-refractivity contribution in [3.63, 3.8) is 0 Å². The molecule has 1 amide bonds. The van der Waals surface area contributed by atoms with E-state index >= 15 is 0 Å². The molecule has 1 unspecified atom stereocenters. The molecular formula is C29H25Cl2N5O2S. The lowest BCUT2D eigenvalue weighted by Gasteiger charge is -2.33. The third-order valence-electron chi connectivity index (χ3n) is 6.19. The van der Waals surface area contributed by atoms with E-state index in [2.05, 4.69) is 15.4 Å². The number of carbonyl (C=O) groups is 1. The summed E-state index contributed by atoms with van der Waals surface area (Å²) < 4.78 is 5.78. The zero-order chi connectivity index (χ0) is 27.4. The molecule has 2 heterocycles. The molecular weight excluding hydrogens is 553 g/mol. The lowest BCUT2D eigenvalue weighted by molar-refractivity contribution is -0.113. The summed E-state index contributed by atoms with van der Waals surface area (Å²) in [6.07, 6.45) is 0. The number of aliphatic imine (C=N–C) groups is 1. The summed E-state index contributed by atoms with van der Waals surface area (Å²) in [4.78, 5) is 24.6. The molecule has 5 rings (SSSR count). The Kier molecular flexibility index (Phi) is 8.35. The van der Waals surface area contributed by atoms with Crippen molar-refractivity contribution in [3.8, 4) is 11.4 Å². The maximum absolute atomic E-state index is 12.7. The Hall–Kier alpha value is -3.59. The number of halogens is 2. The number of thioether (sulfide) groups is 1. The molecule has 0 saturated heterocycles. The number of amidine groups is 1. The fourth-order valence-electron chi connectivity index (χ4n) is 4.27. The smallest absolute Gasteiger partial charge is 0.258 e. The molecule has 0 bridgehead atoms. The maximum Gasteiger partial charge on any atom is 0.258 e. The van der Waals surface area contributed by atoms with Gasteiger partial charge in [-0.05, 0) is 55.8 Å². The van der Waals surface area contributed by atoms with Crippen molar-refractivity contribution < 1.29 is 9.32 Å². The molecule has 0 spiro atoms. The molecule has 1 aliphatic rings. The van der Waals surface area contributed by atoms with E-state index in [1.807, 2.05) is 68.4 Å². The van der Waals surface area contributed by atoms with Gasteiger partial charge in [0.15, 0.2) is 5.17 Å². The highest BCUT2D eigenvalue weighted by Gasteiger charge is 2.33. The SMILES string of the molecule is CCN1C(SCC(=O)Nc2ccc(Cl)cc2)=NC(c2ccc(Cl)cc2)C(c2nc(-c3ccccc3)no2)=C1C. The number of carbonyl (C=O) groups excluding carboxylic acids is 1. The van der Waals surface area contributed by atoms with E-state index < -0.39 is 6.04 Å². The number of allylic oxidation sites excluding steroid dienone is 1. The predicted octanol–water partition coefficient (Wildman–Crippen LogP) is 7.58. The molecule has 3 aromatic carbocycles. The van der Waals surface area contributed by atoms with Crippen molar-refractivity contribution in [1.82, 2.24) is 15.0 Å². The van der Waals surface area contributed by atoms with Gasteiger partial charge in [0.1, 0.15) is 6.04 Å². The molecule has 7 nitrogen and oxygen atoms in total. The quantitative estimate of drug-likeness (QED) is 0.243. The first-order chi connectivity index (χ1) is 18.9. The van der Waals surface area contributed by atoms with Crippen LogP contribution in [0.25, 0.3) is 17.0 Å². The number of amides is 1. The second-order valence-electron chi connectivity index (χ2n) is 8.74. The molecule has 0 fully saturated rings. The van der Waals surface area contributed by atoms with Crippen LogP contribution in [0.1, 0.15) is 31.3 Å². The minimum Gasteiger partial charge on any atom is -0.334 e. The summed E-state index contributed by atoms with van der Waals surface area (Å²) in [6.45, 7) is 4.70. The third-order valence-corrected chi connectivity index (χ3v) is 7.68. The number of hydrogen-bond donors (Lipinski definition) is 1. The van der Waals surface area contributed by atoms with Crippen molar-refractivity contribution in [2.75, 3.05) is 17.6 Å². The lowest BCUT2D eigenvalue weighted by Crippen LogP contribution is -2.33. The summed E-state index contributed by atoms with van der Waals surface area (Å²) >= 11 is 13.5. The third kappa shape index (κ3) is 6.19. The standard InChI is InChI=1S/C29H25Cl2N5O2S/c1-3-36-18(2)25(28-34-27(35-38-28)20-7-5-4-6-8-20)26(19-9-11-21(30)12-10-19)33-29(36)39-17-24(37)32-23-15-13-22(31)14-16-23/h4-16,26H,3,17H2,1-2H3,(H,32,37). The van der Waals surface area contributed by atoms with Gasteiger partial charge in [0.05, 0.1) is 11.3 Å². The van der Waals surface area contributed by atoms with E-state index in [1.165, 1.54) is 11.8 Å². The van der Waals surface area contributed by atoms with Crippen LogP contribution in [0.15, 0.2) is 94.1 Å². The number of anilines is 1. The van der Waals surface area contributed by atoms with Gasteiger partial charge in [-0.3, -0.25) is 4.79 Å². The molecule has 4 aromatic rings. The van der Waals surface area contributed by atoms with E-state index in [9.17, 15) is 4.79 Å². The molecule has 198 valence electrons. The number of nitrogens with one attached hydrogen (secondary N) is 1.